The monoisotopic (exact) mass is 439 g/mol. The molecule has 1 saturated heterocycles. The van der Waals surface area contributed by atoms with E-state index in [1.807, 2.05) is 0 Å². The van der Waals surface area contributed by atoms with Gasteiger partial charge in [-0.1, -0.05) is 18.2 Å². The molecular weight excluding hydrogens is 419 g/mol. The Labute approximate surface area is 183 Å². The molecule has 1 N–H and O–H groups in total. The minimum Gasteiger partial charge on any atom is -0.322 e. The summed E-state index contributed by atoms with van der Waals surface area (Å²) < 4.78 is 41.4. The molecule has 3 aromatic carbocycles. The van der Waals surface area contributed by atoms with Crippen LogP contribution in [0.15, 0.2) is 66.7 Å². The van der Waals surface area contributed by atoms with Gasteiger partial charge in [0.1, 0.15) is 17.5 Å². The van der Waals surface area contributed by atoms with Crippen molar-refractivity contribution in [1.29, 1.82) is 0 Å². The number of carbonyl (C=O) groups is 2. The van der Waals surface area contributed by atoms with Crippen molar-refractivity contribution in [3.63, 3.8) is 0 Å². The first-order chi connectivity index (χ1) is 15.4. The second-order valence-corrected chi connectivity index (χ2v) is 7.43. The van der Waals surface area contributed by atoms with Gasteiger partial charge in [-0.05, 0) is 55.0 Å². The molecule has 0 spiro atoms. The molecule has 0 atom stereocenters. The van der Waals surface area contributed by atoms with Crippen LogP contribution in [0.4, 0.5) is 29.3 Å². The molecule has 164 valence electrons. The molecule has 1 aliphatic heterocycles. The van der Waals surface area contributed by atoms with Crippen LogP contribution < -0.4 is 10.2 Å². The first-order valence-electron chi connectivity index (χ1n) is 10.1. The Balaban J connectivity index is 1.51. The SMILES string of the molecule is O=C(Nc1cccc(N2CCCN(Cc3cc(F)ccc3F)C2=O)c1)c1ccccc1F. The van der Waals surface area contributed by atoms with Gasteiger partial charge in [0, 0.05) is 30.0 Å². The van der Waals surface area contributed by atoms with Gasteiger partial charge in [0.05, 0.1) is 12.1 Å². The van der Waals surface area contributed by atoms with Crippen molar-refractivity contribution >= 4 is 23.3 Å². The van der Waals surface area contributed by atoms with Crippen molar-refractivity contribution in [3.8, 4) is 0 Å². The summed E-state index contributed by atoms with van der Waals surface area (Å²) in [5.74, 6) is -2.38. The van der Waals surface area contributed by atoms with Gasteiger partial charge >= 0.3 is 6.03 Å². The van der Waals surface area contributed by atoms with Gasteiger partial charge in [0.15, 0.2) is 0 Å². The van der Waals surface area contributed by atoms with Gasteiger partial charge in [-0.25, -0.2) is 18.0 Å². The lowest BCUT2D eigenvalue weighted by atomic mass is 10.1. The maximum atomic E-state index is 14.0. The highest BCUT2D eigenvalue weighted by Crippen LogP contribution is 2.25. The third-order valence-electron chi connectivity index (χ3n) is 5.21. The first-order valence-corrected chi connectivity index (χ1v) is 10.1. The second-order valence-electron chi connectivity index (χ2n) is 7.43. The summed E-state index contributed by atoms with van der Waals surface area (Å²) in [5.41, 5.74) is 0.948. The fraction of sp³-hybridized carbons (Fsp3) is 0.167. The van der Waals surface area contributed by atoms with E-state index >= 15 is 0 Å². The predicted octanol–water partition coefficient (Wildman–Crippen LogP) is 5.19. The highest BCUT2D eigenvalue weighted by atomic mass is 19.1. The maximum Gasteiger partial charge on any atom is 0.324 e. The third-order valence-corrected chi connectivity index (χ3v) is 5.21. The Morgan fingerprint density at radius 2 is 1.72 bits per heavy atom. The Morgan fingerprint density at radius 1 is 0.906 bits per heavy atom. The minimum absolute atomic E-state index is 0.0529. The molecule has 3 aromatic rings. The van der Waals surface area contributed by atoms with E-state index in [0.717, 1.165) is 18.2 Å². The fourth-order valence-corrected chi connectivity index (χ4v) is 3.63. The zero-order valence-corrected chi connectivity index (χ0v) is 17.0. The maximum absolute atomic E-state index is 14.0. The number of urea groups is 1. The lowest BCUT2D eigenvalue weighted by Gasteiger charge is -2.36. The molecular formula is C24H20F3N3O2. The van der Waals surface area contributed by atoms with Crippen molar-refractivity contribution in [2.75, 3.05) is 23.3 Å². The molecule has 8 heteroatoms. The van der Waals surface area contributed by atoms with Crippen molar-refractivity contribution in [1.82, 2.24) is 4.90 Å². The highest BCUT2D eigenvalue weighted by molar-refractivity contribution is 6.05. The van der Waals surface area contributed by atoms with Gasteiger partial charge in [0.25, 0.3) is 5.91 Å². The largest absolute Gasteiger partial charge is 0.324 e. The van der Waals surface area contributed by atoms with E-state index < -0.39 is 23.4 Å². The number of nitrogens with zero attached hydrogens (tertiary/aromatic N) is 2. The molecule has 1 aliphatic rings. The zero-order valence-electron chi connectivity index (χ0n) is 17.0. The number of benzene rings is 3. The quantitative estimate of drug-likeness (QED) is 0.595. The van der Waals surface area contributed by atoms with E-state index in [9.17, 15) is 22.8 Å². The van der Waals surface area contributed by atoms with Crippen LogP contribution in [0.3, 0.4) is 0 Å². The van der Waals surface area contributed by atoms with Gasteiger partial charge < -0.3 is 10.2 Å². The number of rotatable bonds is 5. The Morgan fingerprint density at radius 3 is 2.53 bits per heavy atom. The summed E-state index contributed by atoms with van der Waals surface area (Å²) in [4.78, 5) is 28.4. The molecule has 1 fully saturated rings. The summed E-state index contributed by atoms with van der Waals surface area (Å²) in [5, 5.41) is 2.64. The minimum atomic E-state index is -0.632. The number of halogens is 3. The van der Waals surface area contributed by atoms with Crippen LogP contribution in [0, 0.1) is 17.5 Å². The highest BCUT2D eigenvalue weighted by Gasteiger charge is 2.28. The normalized spacial score (nSPS) is 13.9. The van der Waals surface area contributed by atoms with E-state index in [2.05, 4.69) is 5.32 Å². The lowest BCUT2D eigenvalue weighted by molar-refractivity contribution is 0.102. The number of anilines is 2. The van der Waals surface area contributed by atoms with Crippen molar-refractivity contribution in [2.24, 2.45) is 0 Å². The summed E-state index contributed by atoms with van der Waals surface area (Å²) in [6.45, 7) is 0.795. The Hall–Kier alpha value is -3.81. The van der Waals surface area contributed by atoms with Gasteiger partial charge in [0.2, 0.25) is 0 Å². The molecule has 0 aromatic heterocycles. The van der Waals surface area contributed by atoms with Crippen LogP contribution in [-0.2, 0) is 6.54 Å². The van der Waals surface area contributed by atoms with E-state index in [1.54, 1.807) is 30.3 Å². The van der Waals surface area contributed by atoms with Gasteiger partial charge in [-0.15, -0.1) is 0 Å². The predicted molar refractivity (Wildman–Crippen MR) is 115 cm³/mol. The van der Waals surface area contributed by atoms with Crippen LogP contribution in [0.25, 0.3) is 0 Å². The lowest BCUT2D eigenvalue weighted by Crippen LogP contribution is -2.49. The number of hydrogen-bond acceptors (Lipinski definition) is 2. The molecule has 32 heavy (non-hydrogen) atoms. The van der Waals surface area contributed by atoms with Gasteiger partial charge in [-0.2, -0.15) is 0 Å². The van der Waals surface area contributed by atoms with Crippen LogP contribution in [-0.4, -0.2) is 29.9 Å². The van der Waals surface area contributed by atoms with E-state index in [0.29, 0.717) is 30.9 Å². The molecule has 1 heterocycles. The average molecular weight is 439 g/mol. The van der Waals surface area contributed by atoms with E-state index in [-0.39, 0.29) is 23.7 Å². The molecule has 0 saturated carbocycles. The summed E-state index contributed by atoms with van der Waals surface area (Å²) in [6, 6.07) is 15.1. The fourth-order valence-electron chi connectivity index (χ4n) is 3.63. The van der Waals surface area contributed by atoms with Gasteiger partial charge in [-0.3, -0.25) is 9.69 Å². The van der Waals surface area contributed by atoms with Crippen molar-refractivity contribution in [3.05, 3.63) is 95.3 Å². The van der Waals surface area contributed by atoms with Crippen LogP contribution in [0.5, 0.6) is 0 Å². The average Bonchev–Trinajstić information content (AvgIpc) is 2.78. The Bertz CT molecular complexity index is 1170. The first kappa shape index (κ1) is 21.4. The number of carbonyl (C=O) groups excluding carboxylic acids is 2. The number of amides is 3. The molecule has 0 bridgehead atoms. The summed E-state index contributed by atoms with van der Waals surface area (Å²) >= 11 is 0. The van der Waals surface area contributed by atoms with Crippen LogP contribution >= 0.6 is 0 Å². The van der Waals surface area contributed by atoms with E-state index in [4.69, 9.17) is 0 Å². The molecule has 0 unspecified atom stereocenters. The van der Waals surface area contributed by atoms with Crippen molar-refractivity contribution < 1.29 is 22.8 Å². The molecule has 3 amide bonds. The molecule has 0 aliphatic carbocycles. The molecule has 0 radical (unpaired) electrons. The second kappa shape index (κ2) is 9.13. The smallest absolute Gasteiger partial charge is 0.322 e. The Kier molecular flexibility index (Phi) is 6.11. The third kappa shape index (κ3) is 4.59. The van der Waals surface area contributed by atoms with Crippen LogP contribution in [0.2, 0.25) is 0 Å². The molecule has 5 nitrogen and oxygen atoms in total. The van der Waals surface area contributed by atoms with Crippen molar-refractivity contribution in [2.45, 2.75) is 13.0 Å². The topological polar surface area (TPSA) is 52.7 Å². The summed E-state index contributed by atoms with van der Waals surface area (Å²) in [6.07, 6.45) is 0.633. The van der Waals surface area contributed by atoms with Crippen LogP contribution in [0.1, 0.15) is 22.3 Å². The van der Waals surface area contributed by atoms with E-state index in [1.165, 1.54) is 28.0 Å². The zero-order chi connectivity index (χ0) is 22.7. The number of hydrogen-bond donors (Lipinski definition) is 1. The standard InChI is InChI=1S/C24H20F3N3O2/c25-17-9-10-21(26)16(13-17)15-29-11-4-12-30(24(29)32)19-6-3-5-18(14-19)28-23(31)20-7-1-2-8-22(20)27/h1-3,5-10,13-14H,4,11-12,15H2,(H,28,31). The molecule has 4 rings (SSSR count). The summed E-state index contributed by atoms with van der Waals surface area (Å²) in [7, 11) is 0. The number of nitrogens with one attached hydrogen (secondary N) is 1.